The van der Waals surface area contributed by atoms with Crippen LogP contribution in [0.4, 0.5) is 14.6 Å². The van der Waals surface area contributed by atoms with Crippen molar-refractivity contribution in [1.82, 2.24) is 14.5 Å². The summed E-state index contributed by atoms with van der Waals surface area (Å²) in [5.74, 6) is -1.35. The largest absolute Gasteiger partial charge is 0.381 e. The highest BCUT2D eigenvalue weighted by molar-refractivity contribution is 5.38. The highest BCUT2D eigenvalue weighted by Gasteiger charge is 2.13. The van der Waals surface area contributed by atoms with Crippen molar-refractivity contribution in [3.63, 3.8) is 0 Å². The fraction of sp³-hybridized carbons (Fsp3) is 0.200. The van der Waals surface area contributed by atoms with Gasteiger partial charge in [-0.15, -0.1) is 0 Å². The molecular formula is C10H10F2N4. The van der Waals surface area contributed by atoms with Crippen LogP contribution in [0.1, 0.15) is 12.7 Å². The van der Waals surface area contributed by atoms with Crippen molar-refractivity contribution in [2.75, 3.05) is 5.73 Å². The van der Waals surface area contributed by atoms with Crippen LogP contribution < -0.4 is 5.73 Å². The van der Waals surface area contributed by atoms with Crippen molar-refractivity contribution < 1.29 is 8.78 Å². The smallest absolute Gasteiger partial charge is 0.176 e. The highest BCUT2D eigenvalue weighted by atomic mass is 19.1. The molecule has 0 saturated heterocycles. The van der Waals surface area contributed by atoms with Crippen molar-refractivity contribution in [1.29, 1.82) is 0 Å². The molecule has 2 aromatic heterocycles. The van der Waals surface area contributed by atoms with Crippen LogP contribution in [-0.4, -0.2) is 14.5 Å². The van der Waals surface area contributed by atoms with Gasteiger partial charge in [-0.3, -0.25) is 4.57 Å². The zero-order valence-corrected chi connectivity index (χ0v) is 8.61. The summed E-state index contributed by atoms with van der Waals surface area (Å²) in [7, 11) is 0. The van der Waals surface area contributed by atoms with Gasteiger partial charge in [-0.1, -0.05) is 6.92 Å². The first-order chi connectivity index (χ1) is 7.63. The Hall–Kier alpha value is -1.98. The molecule has 16 heavy (non-hydrogen) atoms. The molecule has 0 aliphatic rings. The highest BCUT2D eigenvalue weighted by Crippen LogP contribution is 2.17. The zero-order chi connectivity index (χ0) is 11.7. The Labute approximate surface area is 90.7 Å². The minimum absolute atomic E-state index is 0.0340. The number of rotatable bonds is 2. The molecule has 2 rings (SSSR count). The van der Waals surface area contributed by atoms with E-state index in [0.29, 0.717) is 12.2 Å². The van der Waals surface area contributed by atoms with E-state index in [-0.39, 0.29) is 11.6 Å². The quantitative estimate of drug-likeness (QED) is 0.844. The molecular weight excluding hydrogens is 214 g/mol. The van der Waals surface area contributed by atoms with Crippen LogP contribution in [0.5, 0.6) is 0 Å². The topological polar surface area (TPSA) is 56.7 Å². The lowest BCUT2D eigenvalue weighted by atomic mass is 10.4. The second-order valence-corrected chi connectivity index (χ2v) is 3.23. The van der Waals surface area contributed by atoms with Gasteiger partial charge >= 0.3 is 0 Å². The van der Waals surface area contributed by atoms with E-state index in [2.05, 4.69) is 9.97 Å². The van der Waals surface area contributed by atoms with E-state index in [1.807, 2.05) is 6.92 Å². The van der Waals surface area contributed by atoms with Gasteiger partial charge in [0.15, 0.2) is 23.3 Å². The van der Waals surface area contributed by atoms with Crippen LogP contribution in [0.25, 0.3) is 5.82 Å². The van der Waals surface area contributed by atoms with Gasteiger partial charge in [0.2, 0.25) is 0 Å². The Kier molecular flexibility index (Phi) is 2.55. The second-order valence-electron chi connectivity index (χ2n) is 3.23. The molecule has 6 heteroatoms. The van der Waals surface area contributed by atoms with E-state index in [4.69, 9.17) is 5.73 Å². The molecule has 0 aliphatic heterocycles. The summed E-state index contributed by atoms with van der Waals surface area (Å²) in [6.45, 7) is 1.88. The first kappa shape index (κ1) is 10.5. The van der Waals surface area contributed by atoms with E-state index in [1.165, 1.54) is 10.8 Å². The van der Waals surface area contributed by atoms with Crippen LogP contribution in [0.3, 0.4) is 0 Å². The molecule has 0 radical (unpaired) electrons. The molecule has 2 heterocycles. The summed E-state index contributed by atoms with van der Waals surface area (Å²) in [5, 5.41) is 0. The molecule has 0 saturated carbocycles. The average molecular weight is 224 g/mol. The van der Waals surface area contributed by atoms with E-state index in [0.717, 1.165) is 6.07 Å². The van der Waals surface area contributed by atoms with Gasteiger partial charge in [0, 0.05) is 24.9 Å². The third kappa shape index (κ3) is 1.62. The van der Waals surface area contributed by atoms with E-state index < -0.39 is 11.6 Å². The molecule has 0 bridgehead atoms. The number of imidazole rings is 1. The molecule has 84 valence electrons. The summed E-state index contributed by atoms with van der Waals surface area (Å²) in [5.41, 5.74) is 5.30. The monoisotopic (exact) mass is 224 g/mol. The Balaban J connectivity index is 2.60. The van der Waals surface area contributed by atoms with Crippen LogP contribution in [0.15, 0.2) is 18.5 Å². The normalized spacial score (nSPS) is 10.7. The lowest BCUT2D eigenvalue weighted by Crippen LogP contribution is -2.08. The Morgan fingerprint density at radius 1 is 1.38 bits per heavy atom. The number of nitrogens with zero attached hydrogens (tertiary/aromatic N) is 3. The molecule has 2 aromatic rings. The predicted octanol–water partition coefficient (Wildman–Crippen LogP) is 1.69. The SMILES string of the molecule is CCc1nccn1-c1nc(N)c(F)cc1F. The van der Waals surface area contributed by atoms with Gasteiger partial charge in [0.1, 0.15) is 5.82 Å². The number of nitrogen functional groups attached to an aromatic ring is 1. The number of aromatic nitrogens is 3. The first-order valence-corrected chi connectivity index (χ1v) is 4.77. The molecule has 0 aliphatic carbocycles. The molecule has 0 fully saturated rings. The standard InChI is InChI=1S/C10H10F2N4/c1-2-8-14-3-4-16(8)10-7(12)5-6(11)9(13)15-10/h3-5H,2H2,1H3,(H2,13,15). The molecule has 0 aromatic carbocycles. The number of anilines is 1. The molecule has 0 spiro atoms. The summed E-state index contributed by atoms with van der Waals surface area (Å²) in [6, 6.07) is 0.719. The number of hydrogen-bond donors (Lipinski definition) is 1. The van der Waals surface area contributed by atoms with Gasteiger partial charge in [-0.2, -0.15) is 0 Å². The Morgan fingerprint density at radius 2 is 2.12 bits per heavy atom. The molecule has 2 N–H and O–H groups in total. The van der Waals surface area contributed by atoms with Crippen molar-refractivity contribution in [3.8, 4) is 5.82 Å². The first-order valence-electron chi connectivity index (χ1n) is 4.77. The van der Waals surface area contributed by atoms with E-state index in [9.17, 15) is 8.78 Å². The maximum absolute atomic E-state index is 13.5. The summed E-state index contributed by atoms with van der Waals surface area (Å²) >= 11 is 0. The fourth-order valence-corrected chi connectivity index (χ4v) is 1.43. The summed E-state index contributed by atoms with van der Waals surface area (Å²) in [4.78, 5) is 7.70. The van der Waals surface area contributed by atoms with Crippen LogP contribution in [0.2, 0.25) is 0 Å². The van der Waals surface area contributed by atoms with E-state index in [1.54, 1.807) is 6.20 Å². The number of aryl methyl sites for hydroxylation is 1. The number of hydrogen-bond acceptors (Lipinski definition) is 3. The Morgan fingerprint density at radius 3 is 2.81 bits per heavy atom. The van der Waals surface area contributed by atoms with Gasteiger partial charge in [-0.25, -0.2) is 18.7 Å². The fourth-order valence-electron chi connectivity index (χ4n) is 1.43. The maximum Gasteiger partial charge on any atom is 0.176 e. The van der Waals surface area contributed by atoms with Gasteiger partial charge in [0.05, 0.1) is 0 Å². The molecule has 0 atom stereocenters. The number of halogens is 2. The van der Waals surface area contributed by atoms with Crippen molar-refractivity contribution in [2.45, 2.75) is 13.3 Å². The summed E-state index contributed by atoms with van der Waals surface area (Å²) < 4.78 is 27.9. The van der Waals surface area contributed by atoms with Gasteiger partial charge < -0.3 is 5.73 Å². The predicted molar refractivity (Wildman–Crippen MR) is 55.1 cm³/mol. The molecule has 0 amide bonds. The molecule has 4 nitrogen and oxygen atoms in total. The minimum atomic E-state index is -0.862. The van der Waals surface area contributed by atoms with Crippen molar-refractivity contribution in [3.05, 3.63) is 35.9 Å². The van der Waals surface area contributed by atoms with Crippen LogP contribution in [-0.2, 0) is 6.42 Å². The minimum Gasteiger partial charge on any atom is -0.381 e. The molecule has 0 unspecified atom stereocenters. The summed E-state index contributed by atoms with van der Waals surface area (Å²) in [6.07, 6.45) is 3.70. The average Bonchev–Trinajstić information content (AvgIpc) is 2.71. The third-order valence-electron chi connectivity index (χ3n) is 2.20. The maximum atomic E-state index is 13.5. The van der Waals surface area contributed by atoms with Crippen LogP contribution in [0, 0.1) is 11.6 Å². The van der Waals surface area contributed by atoms with Crippen molar-refractivity contribution >= 4 is 5.82 Å². The van der Waals surface area contributed by atoms with Crippen molar-refractivity contribution in [2.24, 2.45) is 0 Å². The Bertz CT molecular complexity index is 522. The second kappa shape index (κ2) is 3.88. The lowest BCUT2D eigenvalue weighted by Gasteiger charge is -2.07. The van der Waals surface area contributed by atoms with E-state index >= 15 is 0 Å². The van der Waals surface area contributed by atoms with Gasteiger partial charge in [0.25, 0.3) is 0 Å². The zero-order valence-electron chi connectivity index (χ0n) is 8.61. The van der Waals surface area contributed by atoms with Gasteiger partial charge in [-0.05, 0) is 0 Å². The van der Waals surface area contributed by atoms with Crippen LogP contribution >= 0.6 is 0 Å². The lowest BCUT2D eigenvalue weighted by molar-refractivity contribution is 0.568. The number of pyridine rings is 1. The number of nitrogens with two attached hydrogens (primary N) is 1. The third-order valence-corrected chi connectivity index (χ3v) is 2.20.